The third kappa shape index (κ3) is 3.43. The predicted octanol–water partition coefficient (Wildman–Crippen LogP) is 4.30. The highest BCUT2D eigenvalue weighted by Crippen LogP contribution is 2.38. The molecule has 0 atom stereocenters. The lowest BCUT2D eigenvalue weighted by Gasteiger charge is -2.13. The van der Waals surface area contributed by atoms with Crippen LogP contribution in [-0.2, 0) is 6.54 Å². The molecule has 1 N–H and O–H groups in total. The molecule has 25 heavy (non-hydrogen) atoms. The van der Waals surface area contributed by atoms with Gasteiger partial charge >= 0.3 is 0 Å². The second-order valence-electron chi connectivity index (χ2n) is 5.27. The lowest BCUT2D eigenvalue weighted by atomic mass is 10.2. The Morgan fingerprint density at radius 1 is 1.12 bits per heavy atom. The Labute approximate surface area is 154 Å². The average Bonchev–Trinajstić information content (AvgIpc) is 2.99. The van der Waals surface area contributed by atoms with Crippen LogP contribution in [-0.4, -0.2) is 33.7 Å². The number of fused-ring (bicyclic) bond motifs is 1. The van der Waals surface area contributed by atoms with Crippen molar-refractivity contribution < 1.29 is 9.47 Å². The van der Waals surface area contributed by atoms with E-state index in [-0.39, 0.29) is 5.28 Å². The average molecular weight is 382 g/mol. The van der Waals surface area contributed by atoms with Gasteiger partial charge in [0.05, 0.1) is 20.5 Å². The maximum atomic E-state index is 6.20. The van der Waals surface area contributed by atoms with E-state index in [9.17, 15) is 0 Å². The summed E-state index contributed by atoms with van der Waals surface area (Å²) in [4.78, 5) is 12.9. The summed E-state index contributed by atoms with van der Waals surface area (Å²) in [6, 6.07) is 3.49. The Kier molecular flexibility index (Phi) is 5.15. The summed E-state index contributed by atoms with van der Waals surface area (Å²) in [5.74, 6) is 1.46. The smallest absolute Gasteiger partial charge is 0.226 e. The predicted molar refractivity (Wildman–Crippen MR) is 98.5 cm³/mol. The molecule has 3 aromatic rings. The topological polar surface area (TPSA) is 74.1 Å². The van der Waals surface area contributed by atoms with E-state index in [4.69, 9.17) is 32.7 Å². The third-order valence-corrected chi connectivity index (χ3v) is 4.15. The van der Waals surface area contributed by atoms with Crippen LogP contribution in [0.5, 0.6) is 11.5 Å². The molecular formula is C16H17Cl2N5O2. The number of nitrogens with one attached hydrogen (secondary N) is 1. The number of nitrogens with zero attached hydrogens (tertiary/aromatic N) is 4. The molecular weight excluding hydrogens is 365 g/mol. The van der Waals surface area contributed by atoms with Gasteiger partial charge < -0.3 is 19.4 Å². The van der Waals surface area contributed by atoms with Crippen LogP contribution in [0, 0.1) is 0 Å². The number of hydrogen-bond donors (Lipinski definition) is 1. The molecule has 0 saturated heterocycles. The molecule has 0 amide bonds. The van der Waals surface area contributed by atoms with Gasteiger partial charge in [-0.25, -0.2) is 4.98 Å². The largest absolute Gasteiger partial charge is 0.495 e. The molecule has 3 rings (SSSR count). The summed E-state index contributed by atoms with van der Waals surface area (Å²) in [5, 5.41) is 3.73. The highest BCUT2D eigenvalue weighted by atomic mass is 35.5. The molecule has 0 aliphatic rings. The Balaban J connectivity index is 2.06. The fourth-order valence-electron chi connectivity index (χ4n) is 2.49. The van der Waals surface area contributed by atoms with E-state index < -0.39 is 0 Å². The lowest BCUT2D eigenvalue weighted by Crippen LogP contribution is -2.01. The van der Waals surface area contributed by atoms with Gasteiger partial charge in [-0.15, -0.1) is 0 Å². The normalized spacial score (nSPS) is 10.9. The van der Waals surface area contributed by atoms with E-state index in [0.717, 1.165) is 13.0 Å². The van der Waals surface area contributed by atoms with Gasteiger partial charge in [0.1, 0.15) is 16.5 Å². The molecule has 2 aromatic heterocycles. The molecule has 0 unspecified atom stereocenters. The lowest BCUT2D eigenvalue weighted by molar-refractivity contribution is 0.395. The molecule has 0 radical (unpaired) electrons. The summed E-state index contributed by atoms with van der Waals surface area (Å²) in [7, 11) is 3.08. The maximum absolute atomic E-state index is 6.20. The Hall–Kier alpha value is -2.25. The number of anilines is 2. The van der Waals surface area contributed by atoms with Gasteiger partial charge in [-0.1, -0.05) is 18.5 Å². The van der Waals surface area contributed by atoms with Gasteiger partial charge in [-0.2, -0.15) is 9.97 Å². The Morgan fingerprint density at radius 3 is 2.40 bits per heavy atom. The van der Waals surface area contributed by atoms with E-state index in [2.05, 4.69) is 27.2 Å². The van der Waals surface area contributed by atoms with E-state index in [1.807, 2.05) is 4.57 Å². The second-order valence-corrected chi connectivity index (χ2v) is 5.99. The monoisotopic (exact) mass is 381 g/mol. The number of benzene rings is 1. The maximum Gasteiger partial charge on any atom is 0.226 e. The van der Waals surface area contributed by atoms with Gasteiger partial charge in [0.15, 0.2) is 17.0 Å². The first-order valence-corrected chi connectivity index (χ1v) is 8.39. The minimum Gasteiger partial charge on any atom is -0.495 e. The number of aryl methyl sites for hydroxylation is 1. The van der Waals surface area contributed by atoms with Crippen molar-refractivity contribution in [2.45, 2.75) is 19.9 Å². The van der Waals surface area contributed by atoms with Crippen molar-refractivity contribution in [2.75, 3.05) is 19.5 Å². The fourth-order valence-corrected chi connectivity index (χ4v) is 2.92. The zero-order valence-electron chi connectivity index (χ0n) is 14.0. The van der Waals surface area contributed by atoms with Crippen LogP contribution in [0.4, 0.5) is 11.5 Å². The highest BCUT2D eigenvalue weighted by Gasteiger charge is 2.15. The number of ether oxygens (including phenoxy) is 2. The van der Waals surface area contributed by atoms with Crippen molar-refractivity contribution >= 4 is 45.9 Å². The van der Waals surface area contributed by atoms with Gasteiger partial charge in [-0.3, -0.25) is 0 Å². The first-order chi connectivity index (χ1) is 12.1. The fraction of sp³-hybridized carbons (Fsp3) is 0.312. The van der Waals surface area contributed by atoms with Crippen LogP contribution < -0.4 is 14.8 Å². The summed E-state index contributed by atoms with van der Waals surface area (Å²) in [5.41, 5.74) is 1.99. The van der Waals surface area contributed by atoms with Crippen molar-refractivity contribution in [3.8, 4) is 11.5 Å². The third-order valence-electron chi connectivity index (χ3n) is 3.61. The molecule has 0 aliphatic carbocycles. The number of imidazole rings is 1. The van der Waals surface area contributed by atoms with Gasteiger partial charge in [0, 0.05) is 24.4 Å². The van der Waals surface area contributed by atoms with E-state index in [0.29, 0.717) is 39.2 Å². The first-order valence-electron chi connectivity index (χ1n) is 7.64. The molecule has 0 saturated carbocycles. The first kappa shape index (κ1) is 17.6. The zero-order valence-corrected chi connectivity index (χ0v) is 15.5. The number of rotatable bonds is 6. The molecule has 0 spiro atoms. The van der Waals surface area contributed by atoms with Crippen LogP contribution >= 0.6 is 23.2 Å². The minimum absolute atomic E-state index is 0.140. The highest BCUT2D eigenvalue weighted by molar-refractivity contribution is 6.33. The molecule has 2 heterocycles. The quantitative estimate of drug-likeness (QED) is 0.641. The van der Waals surface area contributed by atoms with Crippen molar-refractivity contribution in [1.82, 2.24) is 19.5 Å². The van der Waals surface area contributed by atoms with E-state index in [1.54, 1.807) is 18.5 Å². The molecule has 132 valence electrons. The second kappa shape index (κ2) is 7.33. The van der Waals surface area contributed by atoms with Crippen LogP contribution in [0.15, 0.2) is 18.5 Å². The van der Waals surface area contributed by atoms with Crippen LogP contribution in [0.3, 0.4) is 0 Å². The van der Waals surface area contributed by atoms with Crippen molar-refractivity contribution in [2.24, 2.45) is 0 Å². The number of methoxy groups -OCH3 is 2. The van der Waals surface area contributed by atoms with Gasteiger partial charge in [0.2, 0.25) is 5.28 Å². The molecule has 0 fully saturated rings. The van der Waals surface area contributed by atoms with Gasteiger partial charge in [-0.05, 0) is 18.0 Å². The summed E-state index contributed by atoms with van der Waals surface area (Å²) >= 11 is 12.3. The minimum atomic E-state index is 0.140. The Bertz CT molecular complexity index is 888. The van der Waals surface area contributed by atoms with E-state index >= 15 is 0 Å². The zero-order chi connectivity index (χ0) is 18.0. The standard InChI is InChI=1S/C16H17Cl2N5O2/c1-4-5-23-8-19-13-14(21-16(18)22-15(13)23)20-9-6-10(24-2)12(17)11(7-9)25-3/h6-8H,4-5H2,1-3H3,(H,20,21,22). The summed E-state index contributed by atoms with van der Waals surface area (Å²) in [6.07, 6.45) is 2.69. The number of hydrogen-bond acceptors (Lipinski definition) is 6. The molecule has 7 nitrogen and oxygen atoms in total. The molecule has 0 bridgehead atoms. The molecule has 9 heteroatoms. The van der Waals surface area contributed by atoms with Crippen LogP contribution in [0.2, 0.25) is 10.3 Å². The van der Waals surface area contributed by atoms with Crippen LogP contribution in [0.1, 0.15) is 13.3 Å². The van der Waals surface area contributed by atoms with Crippen molar-refractivity contribution in [3.63, 3.8) is 0 Å². The number of halogens is 2. The Morgan fingerprint density at radius 2 is 1.80 bits per heavy atom. The SMILES string of the molecule is CCCn1cnc2c(Nc3cc(OC)c(Cl)c(OC)c3)nc(Cl)nc21. The van der Waals surface area contributed by atoms with Crippen LogP contribution in [0.25, 0.3) is 11.2 Å². The number of aromatic nitrogens is 4. The summed E-state index contributed by atoms with van der Waals surface area (Å²) < 4.78 is 12.5. The molecule has 1 aromatic carbocycles. The van der Waals surface area contributed by atoms with Crippen molar-refractivity contribution in [1.29, 1.82) is 0 Å². The summed E-state index contributed by atoms with van der Waals surface area (Å²) in [6.45, 7) is 2.88. The van der Waals surface area contributed by atoms with E-state index in [1.165, 1.54) is 14.2 Å². The van der Waals surface area contributed by atoms with Gasteiger partial charge in [0.25, 0.3) is 0 Å². The van der Waals surface area contributed by atoms with Crippen molar-refractivity contribution in [3.05, 3.63) is 28.8 Å². The molecule has 0 aliphatic heterocycles.